The number of nitrogens with one attached hydrogen (secondary N) is 1. The SMILES string of the molecule is O=C(O)c1cc(CNCCn2ccnc2)on1. The van der Waals surface area contributed by atoms with Crippen LogP contribution in [0.1, 0.15) is 16.2 Å². The minimum Gasteiger partial charge on any atom is -0.476 e. The van der Waals surface area contributed by atoms with Crippen LogP contribution in [0.25, 0.3) is 0 Å². The van der Waals surface area contributed by atoms with Crippen LogP contribution in [0.5, 0.6) is 0 Å². The van der Waals surface area contributed by atoms with Gasteiger partial charge in [0.15, 0.2) is 11.5 Å². The first-order valence-corrected chi connectivity index (χ1v) is 5.11. The van der Waals surface area contributed by atoms with E-state index in [9.17, 15) is 4.79 Å². The van der Waals surface area contributed by atoms with Crippen LogP contribution < -0.4 is 5.32 Å². The summed E-state index contributed by atoms with van der Waals surface area (Å²) in [6, 6.07) is 1.41. The van der Waals surface area contributed by atoms with Gasteiger partial charge in [-0.25, -0.2) is 9.78 Å². The monoisotopic (exact) mass is 236 g/mol. The molecule has 0 radical (unpaired) electrons. The Hall–Kier alpha value is -2.15. The number of hydrogen-bond acceptors (Lipinski definition) is 5. The molecule has 7 heteroatoms. The average molecular weight is 236 g/mol. The second kappa shape index (κ2) is 5.26. The Bertz CT molecular complexity index is 477. The highest BCUT2D eigenvalue weighted by molar-refractivity contribution is 5.85. The van der Waals surface area contributed by atoms with Gasteiger partial charge in [-0.1, -0.05) is 5.16 Å². The molecular formula is C10H12N4O3. The molecule has 0 saturated carbocycles. The molecule has 0 bridgehead atoms. The quantitative estimate of drug-likeness (QED) is 0.703. The molecule has 2 aromatic rings. The van der Waals surface area contributed by atoms with Gasteiger partial charge in [0.2, 0.25) is 0 Å². The van der Waals surface area contributed by atoms with E-state index in [-0.39, 0.29) is 5.69 Å². The van der Waals surface area contributed by atoms with Crippen LogP contribution in [0.3, 0.4) is 0 Å². The fourth-order valence-electron chi connectivity index (χ4n) is 1.34. The number of aromatic carboxylic acids is 1. The summed E-state index contributed by atoms with van der Waals surface area (Å²) in [5, 5.41) is 15.2. The Morgan fingerprint density at radius 1 is 1.59 bits per heavy atom. The van der Waals surface area contributed by atoms with Gasteiger partial charge in [-0.3, -0.25) is 0 Å². The highest BCUT2D eigenvalue weighted by Gasteiger charge is 2.09. The summed E-state index contributed by atoms with van der Waals surface area (Å²) >= 11 is 0. The molecular weight excluding hydrogens is 224 g/mol. The molecule has 7 nitrogen and oxygen atoms in total. The van der Waals surface area contributed by atoms with Gasteiger partial charge in [0, 0.05) is 31.5 Å². The molecule has 0 saturated heterocycles. The third kappa shape index (κ3) is 3.15. The van der Waals surface area contributed by atoms with E-state index in [1.807, 2.05) is 10.8 Å². The molecule has 0 aliphatic rings. The maximum atomic E-state index is 10.5. The highest BCUT2D eigenvalue weighted by Crippen LogP contribution is 2.02. The van der Waals surface area contributed by atoms with E-state index in [2.05, 4.69) is 15.5 Å². The molecule has 2 N–H and O–H groups in total. The third-order valence-corrected chi connectivity index (χ3v) is 2.18. The highest BCUT2D eigenvalue weighted by atomic mass is 16.5. The third-order valence-electron chi connectivity index (χ3n) is 2.18. The summed E-state index contributed by atoms with van der Waals surface area (Å²) in [5.41, 5.74) is -0.0728. The molecule has 0 fully saturated rings. The molecule has 0 atom stereocenters. The molecule has 0 aromatic carbocycles. The van der Waals surface area contributed by atoms with Crippen molar-refractivity contribution in [2.24, 2.45) is 0 Å². The van der Waals surface area contributed by atoms with Crippen molar-refractivity contribution in [3.8, 4) is 0 Å². The molecule has 17 heavy (non-hydrogen) atoms. The van der Waals surface area contributed by atoms with E-state index >= 15 is 0 Å². The second-order valence-corrected chi connectivity index (χ2v) is 3.46. The van der Waals surface area contributed by atoms with Crippen molar-refractivity contribution in [2.45, 2.75) is 13.1 Å². The standard InChI is InChI=1S/C10H12N4O3/c15-10(16)9-5-8(17-13-9)6-11-1-3-14-4-2-12-7-14/h2,4-5,7,11H,1,3,6H2,(H,15,16). The Morgan fingerprint density at radius 3 is 3.12 bits per heavy atom. The van der Waals surface area contributed by atoms with E-state index in [4.69, 9.17) is 9.63 Å². The lowest BCUT2D eigenvalue weighted by molar-refractivity contribution is 0.0685. The lowest BCUT2D eigenvalue weighted by Crippen LogP contribution is -2.18. The van der Waals surface area contributed by atoms with Crippen LogP contribution in [0.15, 0.2) is 29.3 Å². The molecule has 2 rings (SSSR count). The van der Waals surface area contributed by atoms with Crippen LogP contribution in [-0.4, -0.2) is 32.3 Å². The van der Waals surface area contributed by atoms with Crippen molar-refractivity contribution in [3.63, 3.8) is 0 Å². The number of carboxylic acids is 1. The Morgan fingerprint density at radius 2 is 2.47 bits per heavy atom. The largest absolute Gasteiger partial charge is 0.476 e. The molecule has 0 spiro atoms. The van der Waals surface area contributed by atoms with Crippen LogP contribution in [0.2, 0.25) is 0 Å². The van der Waals surface area contributed by atoms with E-state index in [0.717, 1.165) is 13.1 Å². The van der Waals surface area contributed by atoms with E-state index in [0.29, 0.717) is 12.3 Å². The van der Waals surface area contributed by atoms with Crippen molar-refractivity contribution >= 4 is 5.97 Å². The van der Waals surface area contributed by atoms with Gasteiger partial charge in [0.05, 0.1) is 12.9 Å². The Balaban J connectivity index is 1.72. The van der Waals surface area contributed by atoms with Gasteiger partial charge >= 0.3 is 5.97 Å². The number of carbonyl (C=O) groups is 1. The first kappa shape index (κ1) is 11.3. The average Bonchev–Trinajstić information content (AvgIpc) is 2.96. The maximum absolute atomic E-state index is 10.5. The molecule has 90 valence electrons. The second-order valence-electron chi connectivity index (χ2n) is 3.46. The van der Waals surface area contributed by atoms with Crippen LogP contribution in [-0.2, 0) is 13.1 Å². The lowest BCUT2D eigenvalue weighted by atomic mass is 10.3. The van der Waals surface area contributed by atoms with Crippen LogP contribution >= 0.6 is 0 Å². The first-order valence-electron chi connectivity index (χ1n) is 5.11. The smallest absolute Gasteiger partial charge is 0.358 e. The van der Waals surface area contributed by atoms with Gasteiger partial charge in [-0.2, -0.15) is 0 Å². The van der Waals surface area contributed by atoms with Crippen molar-refractivity contribution in [3.05, 3.63) is 36.2 Å². The number of hydrogen-bond donors (Lipinski definition) is 2. The minimum absolute atomic E-state index is 0.0728. The number of imidazole rings is 1. The zero-order valence-electron chi connectivity index (χ0n) is 9.04. The lowest BCUT2D eigenvalue weighted by Gasteiger charge is -2.02. The summed E-state index contributed by atoms with van der Waals surface area (Å²) in [4.78, 5) is 14.5. The molecule has 0 aliphatic heterocycles. The normalized spacial score (nSPS) is 10.6. The van der Waals surface area contributed by atoms with Crippen LogP contribution in [0.4, 0.5) is 0 Å². The molecule has 0 aliphatic carbocycles. The van der Waals surface area contributed by atoms with Crippen molar-refractivity contribution in [1.29, 1.82) is 0 Å². The Kier molecular flexibility index (Phi) is 3.51. The Labute approximate surface area is 97.1 Å². The predicted octanol–water partition coefficient (Wildman–Crippen LogP) is 0.359. The molecule has 0 amide bonds. The van der Waals surface area contributed by atoms with Gasteiger partial charge in [0.25, 0.3) is 0 Å². The summed E-state index contributed by atoms with van der Waals surface area (Å²) < 4.78 is 6.79. The number of rotatable bonds is 6. The summed E-state index contributed by atoms with van der Waals surface area (Å²) in [6.45, 7) is 1.98. The maximum Gasteiger partial charge on any atom is 0.358 e. The molecule has 2 heterocycles. The summed E-state index contributed by atoms with van der Waals surface area (Å²) in [7, 11) is 0. The predicted molar refractivity (Wildman–Crippen MR) is 57.4 cm³/mol. The van der Waals surface area contributed by atoms with Gasteiger partial charge in [-0.05, 0) is 0 Å². The van der Waals surface area contributed by atoms with Gasteiger partial charge in [0.1, 0.15) is 0 Å². The van der Waals surface area contributed by atoms with E-state index in [1.54, 1.807) is 12.5 Å². The van der Waals surface area contributed by atoms with E-state index in [1.165, 1.54) is 6.07 Å². The van der Waals surface area contributed by atoms with Crippen molar-refractivity contribution < 1.29 is 14.4 Å². The zero-order chi connectivity index (χ0) is 12.1. The number of nitrogens with zero attached hydrogens (tertiary/aromatic N) is 3. The fourth-order valence-corrected chi connectivity index (χ4v) is 1.34. The first-order chi connectivity index (χ1) is 8.25. The summed E-state index contributed by atoms with van der Waals surface area (Å²) in [5.74, 6) is -0.577. The summed E-state index contributed by atoms with van der Waals surface area (Å²) in [6.07, 6.45) is 5.33. The van der Waals surface area contributed by atoms with Gasteiger partial charge in [-0.15, -0.1) is 0 Å². The van der Waals surface area contributed by atoms with E-state index < -0.39 is 5.97 Å². The fraction of sp³-hybridized carbons (Fsp3) is 0.300. The number of carboxylic acid groups (broad SMARTS) is 1. The zero-order valence-corrected chi connectivity index (χ0v) is 9.04. The van der Waals surface area contributed by atoms with Gasteiger partial charge < -0.3 is 19.5 Å². The number of aromatic nitrogens is 3. The molecule has 2 aromatic heterocycles. The topological polar surface area (TPSA) is 93.2 Å². The van der Waals surface area contributed by atoms with Crippen LogP contribution in [0, 0.1) is 0 Å². The molecule has 0 unspecified atom stereocenters. The van der Waals surface area contributed by atoms with Crippen molar-refractivity contribution in [2.75, 3.05) is 6.54 Å². The minimum atomic E-state index is -1.08. The van der Waals surface area contributed by atoms with Crippen molar-refractivity contribution in [1.82, 2.24) is 20.0 Å².